The number of benzene rings is 1. The third-order valence-electron chi connectivity index (χ3n) is 3.54. The molecule has 2 rings (SSSR count). The molecule has 1 aliphatic rings. The number of phenolic OH excluding ortho intramolecular Hbond substituents is 1. The molecule has 1 amide bonds. The van der Waals surface area contributed by atoms with Crippen molar-refractivity contribution in [2.75, 3.05) is 19.6 Å². The van der Waals surface area contributed by atoms with Gasteiger partial charge < -0.3 is 15.3 Å². The van der Waals surface area contributed by atoms with E-state index < -0.39 is 0 Å². The molecule has 0 atom stereocenters. The number of piperidine rings is 1. The number of nitrogens with one attached hydrogen (secondary N) is 1. The van der Waals surface area contributed by atoms with Crippen LogP contribution in [0.2, 0.25) is 0 Å². The van der Waals surface area contributed by atoms with Gasteiger partial charge in [-0.15, -0.1) is 0 Å². The van der Waals surface area contributed by atoms with Crippen LogP contribution in [0.1, 0.15) is 30.1 Å². The number of halogens is 1. The molecule has 0 saturated carbocycles. The maximum atomic E-state index is 12.5. The van der Waals surface area contributed by atoms with Crippen LogP contribution in [0, 0.1) is 0 Å². The lowest BCUT2D eigenvalue weighted by Crippen LogP contribution is -2.46. The molecule has 1 aliphatic heterocycles. The van der Waals surface area contributed by atoms with Crippen molar-refractivity contribution in [3.63, 3.8) is 0 Å². The van der Waals surface area contributed by atoms with E-state index >= 15 is 0 Å². The van der Waals surface area contributed by atoms with Gasteiger partial charge >= 0.3 is 0 Å². The Morgan fingerprint density at radius 3 is 2.74 bits per heavy atom. The maximum absolute atomic E-state index is 12.5. The second-order valence-electron chi connectivity index (χ2n) is 4.74. The molecule has 4 nitrogen and oxygen atoms in total. The van der Waals surface area contributed by atoms with Crippen molar-refractivity contribution < 1.29 is 9.90 Å². The van der Waals surface area contributed by atoms with E-state index in [-0.39, 0.29) is 11.7 Å². The van der Waals surface area contributed by atoms with Crippen LogP contribution in [0.4, 0.5) is 0 Å². The molecule has 0 bridgehead atoms. The molecule has 0 unspecified atom stereocenters. The van der Waals surface area contributed by atoms with E-state index in [1.807, 2.05) is 11.8 Å². The van der Waals surface area contributed by atoms with Crippen LogP contribution < -0.4 is 5.32 Å². The molecule has 1 aromatic carbocycles. The van der Waals surface area contributed by atoms with Crippen LogP contribution in [-0.2, 0) is 0 Å². The van der Waals surface area contributed by atoms with Crippen LogP contribution in [0.3, 0.4) is 0 Å². The van der Waals surface area contributed by atoms with E-state index in [0.29, 0.717) is 22.6 Å². The lowest BCUT2D eigenvalue weighted by Gasteiger charge is -2.34. The molecule has 19 heavy (non-hydrogen) atoms. The van der Waals surface area contributed by atoms with Crippen molar-refractivity contribution in [2.24, 2.45) is 0 Å². The summed E-state index contributed by atoms with van der Waals surface area (Å²) < 4.78 is 0.606. The lowest BCUT2D eigenvalue weighted by atomic mass is 10.0. The largest absolute Gasteiger partial charge is 0.507 e. The lowest BCUT2D eigenvalue weighted by molar-refractivity contribution is 0.0655. The number of nitrogens with zero attached hydrogens (tertiary/aromatic N) is 1. The molecule has 104 valence electrons. The molecule has 0 radical (unpaired) electrons. The molecule has 0 aliphatic carbocycles. The highest BCUT2D eigenvalue weighted by Crippen LogP contribution is 2.25. The van der Waals surface area contributed by atoms with E-state index in [1.54, 1.807) is 12.1 Å². The van der Waals surface area contributed by atoms with Crippen LogP contribution in [0.15, 0.2) is 22.7 Å². The first-order valence-corrected chi connectivity index (χ1v) is 7.43. The molecular weight excluding hydrogens is 308 g/mol. The maximum Gasteiger partial charge on any atom is 0.254 e. The van der Waals surface area contributed by atoms with Crippen molar-refractivity contribution in [3.05, 3.63) is 28.2 Å². The number of aromatic hydroxyl groups is 1. The Labute approximate surface area is 121 Å². The molecule has 1 fully saturated rings. The number of hydrogen-bond acceptors (Lipinski definition) is 3. The van der Waals surface area contributed by atoms with Crippen molar-refractivity contribution >= 4 is 21.8 Å². The Morgan fingerprint density at radius 1 is 1.47 bits per heavy atom. The summed E-state index contributed by atoms with van der Waals surface area (Å²) in [5, 5.41) is 13.0. The fourth-order valence-corrected chi connectivity index (χ4v) is 2.74. The van der Waals surface area contributed by atoms with Gasteiger partial charge in [-0.2, -0.15) is 0 Å². The third-order valence-corrected chi connectivity index (χ3v) is 4.21. The molecule has 5 heteroatoms. The summed E-state index contributed by atoms with van der Waals surface area (Å²) in [5.41, 5.74) is 0.543. The Balaban J connectivity index is 2.17. The molecule has 0 aromatic heterocycles. The van der Waals surface area contributed by atoms with Gasteiger partial charge in [0, 0.05) is 18.2 Å². The van der Waals surface area contributed by atoms with Crippen molar-refractivity contribution in [3.8, 4) is 5.75 Å². The number of carbonyl (C=O) groups excluding carboxylic acids is 1. The quantitative estimate of drug-likeness (QED) is 0.896. The number of hydrogen-bond donors (Lipinski definition) is 2. The summed E-state index contributed by atoms with van der Waals surface area (Å²) in [7, 11) is 0. The van der Waals surface area contributed by atoms with Crippen LogP contribution in [0.25, 0.3) is 0 Å². The zero-order valence-electron chi connectivity index (χ0n) is 11.0. The summed E-state index contributed by atoms with van der Waals surface area (Å²) in [4.78, 5) is 14.4. The van der Waals surface area contributed by atoms with Crippen molar-refractivity contribution in [1.29, 1.82) is 0 Å². The first-order valence-electron chi connectivity index (χ1n) is 6.63. The number of amides is 1. The minimum absolute atomic E-state index is 0.00259. The van der Waals surface area contributed by atoms with Gasteiger partial charge in [0.15, 0.2) is 0 Å². The Morgan fingerprint density at radius 2 is 2.16 bits per heavy atom. The fourth-order valence-electron chi connectivity index (χ4n) is 2.50. The zero-order valence-corrected chi connectivity index (χ0v) is 12.6. The zero-order chi connectivity index (χ0) is 13.8. The van der Waals surface area contributed by atoms with Gasteiger partial charge in [0.1, 0.15) is 5.75 Å². The number of rotatable bonds is 3. The van der Waals surface area contributed by atoms with E-state index in [4.69, 9.17) is 0 Å². The van der Waals surface area contributed by atoms with Crippen molar-refractivity contribution in [1.82, 2.24) is 10.2 Å². The predicted molar refractivity (Wildman–Crippen MR) is 78.4 cm³/mol. The van der Waals surface area contributed by atoms with Gasteiger partial charge in [-0.3, -0.25) is 4.79 Å². The summed E-state index contributed by atoms with van der Waals surface area (Å²) >= 11 is 3.23. The van der Waals surface area contributed by atoms with Gasteiger partial charge in [-0.25, -0.2) is 0 Å². The van der Waals surface area contributed by atoms with E-state index in [0.717, 1.165) is 25.9 Å². The molecule has 1 aromatic rings. The monoisotopic (exact) mass is 326 g/mol. The van der Waals surface area contributed by atoms with Gasteiger partial charge in [0.25, 0.3) is 5.91 Å². The Kier molecular flexibility index (Phi) is 4.82. The van der Waals surface area contributed by atoms with Gasteiger partial charge in [-0.05, 0) is 67.0 Å². The van der Waals surface area contributed by atoms with Gasteiger partial charge in [0.05, 0.1) is 4.47 Å². The Bertz CT molecular complexity index is 459. The van der Waals surface area contributed by atoms with Crippen molar-refractivity contribution in [2.45, 2.75) is 25.8 Å². The molecule has 1 saturated heterocycles. The Hall–Kier alpha value is -1.07. The minimum Gasteiger partial charge on any atom is -0.507 e. The summed E-state index contributed by atoms with van der Waals surface area (Å²) in [6.07, 6.45) is 1.98. The van der Waals surface area contributed by atoms with E-state index in [2.05, 4.69) is 21.2 Å². The standard InChI is InChI=1S/C14H19BrN2O2/c1-2-17(11-5-7-16-8-6-11)14(19)10-3-4-12(15)13(18)9-10/h3-4,9,11,16,18H,2,5-8H2,1H3. The highest BCUT2D eigenvalue weighted by atomic mass is 79.9. The van der Waals surface area contributed by atoms with Gasteiger partial charge in [-0.1, -0.05) is 0 Å². The summed E-state index contributed by atoms with van der Waals surface area (Å²) in [6.45, 7) is 4.61. The molecule has 2 N–H and O–H groups in total. The highest BCUT2D eigenvalue weighted by Gasteiger charge is 2.25. The molecule has 1 heterocycles. The first-order chi connectivity index (χ1) is 9.13. The summed E-state index contributed by atoms with van der Waals surface area (Å²) in [6, 6.07) is 5.27. The molecular formula is C14H19BrN2O2. The van der Waals surface area contributed by atoms with E-state index in [9.17, 15) is 9.90 Å². The van der Waals surface area contributed by atoms with Crippen LogP contribution >= 0.6 is 15.9 Å². The fraction of sp³-hybridized carbons (Fsp3) is 0.500. The molecule has 0 spiro atoms. The number of phenols is 1. The van der Waals surface area contributed by atoms with Crippen LogP contribution in [-0.4, -0.2) is 41.6 Å². The average molecular weight is 327 g/mol. The predicted octanol–water partition coefficient (Wildman–Crippen LogP) is 2.37. The first kappa shape index (κ1) is 14.3. The highest BCUT2D eigenvalue weighted by molar-refractivity contribution is 9.10. The topological polar surface area (TPSA) is 52.6 Å². The van der Waals surface area contributed by atoms with Crippen LogP contribution in [0.5, 0.6) is 5.75 Å². The minimum atomic E-state index is -0.00259. The van der Waals surface area contributed by atoms with E-state index in [1.165, 1.54) is 6.07 Å². The number of carbonyl (C=O) groups is 1. The van der Waals surface area contributed by atoms with Gasteiger partial charge in [0.2, 0.25) is 0 Å². The average Bonchev–Trinajstić information content (AvgIpc) is 2.44. The third kappa shape index (κ3) is 3.28. The smallest absolute Gasteiger partial charge is 0.254 e. The SMILES string of the molecule is CCN(C(=O)c1ccc(Br)c(O)c1)C1CCNCC1. The second-order valence-corrected chi connectivity index (χ2v) is 5.59. The second kappa shape index (κ2) is 6.39. The summed E-state index contributed by atoms with van der Waals surface area (Å²) in [5.74, 6) is 0.101. The normalized spacial score (nSPS) is 16.3.